The summed E-state index contributed by atoms with van der Waals surface area (Å²) in [6, 6.07) is 7.64. The third kappa shape index (κ3) is 2.88. The molecule has 2 aromatic rings. The van der Waals surface area contributed by atoms with Crippen molar-refractivity contribution in [3.05, 3.63) is 30.0 Å². The topological polar surface area (TPSA) is 54.6 Å². The van der Waals surface area contributed by atoms with E-state index in [0.29, 0.717) is 18.1 Å². The second-order valence-electron chi connectivity index (χ2n) is 4.52. The van der Waals surface area contributed by atoms with E-state index in [4.69, 9.17) is 9.47 Å². The molecule has 1 N–H and O–H groups in total. The van der Waals surface area contributed by atoms with E-state index in [9.17, 15) is 4.79 Å². The van der Waals surface area contributed by atoms with Gasteiger partial charge in [0, 0.05) is 17.4 Å². The molecule has 1 aromatic heterocycles. The van der Waals surface area contributed by atoms with Crippen molar-refractivity contribution in [1.82, 2.24) is 9.88 Å². The maximum atomic E-state index is 11.8. The Labute approximate surface area is 112 Å². The number of hydrogen-bond acceptors (Lipinski definition) is 4. The van der Waals surface area contributed by atoms with Crippen molar-refractivity contribution in [2.75, 3.05) is 34.4 Å². The van der Waals surface area contributed by atoms with E-state index in [-0.39, 0.29) is 0 Å². The van der Waals surface area contributed by atoms with Crippen molar-refractivity contribution < 1.29 is 14.3 Å². The number of ether oxygens (including phenoxy) is 2. The monoisotopic (exact) mass is 262 g/mol. The van der Waals surface area contributed by atoms with Gasteiger partial charge in [0.25, 0.3) is 0 Å². The number of para-hydroxylation sites is 1. The van der Waals surface area contributed by atoms with E-state index < -0.39 is 5.97 Å². The predicted octanol–water partition coefficient (Wildman–Crippen LogP) is 1.89. The largest absolute Gasteiger partial charge is 0.489 e. The number of nitrogens with one attached hydrogen (secondary N) is 1. The minimum absolute atomic E-state index is 0.363. The van der Waals surface area contributed by atoms with Crippen molar-refractivity contribution in [1.29, 1.82) is 0 Å². The molecule has 0 aliphatic carbocycles. The highest BCUT2D eigenvalue weighted by molar-refractivity contribution is 6.00. The number of methoxy groups -OCH3 is 1. The average Bonchev–Trinajstić information content (AvgIpc) is 2.77. The van der Waals surface area contributed by atoms with Crippen LogP contribution in [-0.2, 0) is 4.74 Å². The second kappa shape index (κ2) is 5.75. The fourth-order valence-corrected chi connectivity index (χ4v) is 1.84. The van der Waals surface area contributed by atoms with E-state index in [1.165, 1.54) is 7.11 Å². The van der Waals surface area contributed by atoms with Crippen LogP contribution in [-0.4, -0.2) is 50.2 Å². The van der Waals surface area contributed by atoms with E-state index in [1.54, 1.807) is 0 Å². The van der Waals surface area contributed by atoms with Gasteiger partial charge in [-0.3, -0.25) is 0 Å². The Bertz CT molecular complexity index is 575. The molecule has 0 atom stereocenters. The van der Waals surface area contributed by atoms with Gasteiger partial charge in [-0.1, -0.05) is 12.1 Å². The van der Waals surface area contributed by atoms with Gasteiger partial charge in [-0.15, -0.1) is 0 Å². The number of fused-ring (bicyclic) bond motifs is 1. The molecule has 0 amide bonds. The molecule has 19 heavy (non-hydrogen) atoms. The minimum Gasteiger partial charge on any atom is -0.489 e. The summed E-state index contributed by atoms with van der Waals surface area (Å²) < 4.78 is 10.5. The van der Waals surface area contributed by atoms with Gasteiger partial charge in [-0.05, 0) is 26.2 Å². The summed E-state index contributed by atoms with van der Waals surface area (Å²) in [4.78, 5) is 16.8. The molecule has 1 aromatic carbocycles. The van der Waals surface area contributed by atoms with Crippen LogP contribution in [0.5, 0.6) is 5.75 Å². The lowest BCUT2D eigenvalue weighted by atomic mass is 10.2. The van der Waals surface area contributed by atoms with Crippen LogP contribution in [0.1, 0.15) is 10.5 Å². The molecule has 0 fully saturated rings. The molecule has 102 valence electrons. The third-order valence-corrected chi connectivity index (χ3v) is 2.83. The first-order valence-electron chi connectivity index (χ1n) is 6.10. The molecular formula is C14H18N2O3. The van der Waals surface area contributed by atoms with Gasteiger partial charge in [-0.2, -0.15) is 0 Å². The molecule has 0 bridgehead atoms. The number of likely N-dealkylation sites (N-methyl/N-ethyl adjacent to an activating group) is 1. The van der Waals surface area contributed by atoms with Crippen LogP contribution in [0.2, 0.25) is 0 Å². The van der Waals surface area contributed by atoms with Crippen LogP contribution < -0.4 is 4.74 Å². The standard InChI is InChI=1S/C14H18N2O3/c1-16(2)8-9-19-13-10-6-4-5-7-11(10)15-12(13)14(17)18-3/h4-7,15H,8-9H2,1-3H3. The second-order valence-corrected chi connectivity index (χ2v) is 4.52. The number of carbonyl (C=O) groups excluding carboxylic acids is 1. The summed E-state index contributed by atoms with van der Waals surface area (Å²) in [6.07, 6.45) is 0. The van der Waals surface area contributed by atoms with Crippen molar-refractivity contribution in [2.24, 2.45) is 0 Å². The lowest BCUT2D eigenvalue weighted by Gasteiger charge is -2.11. The fraction of sp³-hybridized carbons (Fsp3) is 0.357. The number of aromatic amines is 1. The summed E-state index contributed by atoms with van der Waals surface area (Å²) in [5.74, 6) is 0.139. The summed E-state index contributed by atoms with van der Waals surface area (Å²) in [5.41, 5.74) is 1.23. The zero-order valence-electron chi connectivity index (χ0n) is 11.4. The Balaban J connectivity index is 2.34. The van der Waals surface area contributed by atoms with Crippen molar-refractivity contribution in [3.63, 3.8) is 0 Å². The van der Waals surface area contributed by atoms with E-state index in [2.05, 4.69) is 4.98 Å². The Morgan fingerprint density at radius 2 is 2.05 bits per heavy atom. The van der Waals surface area contributed by atoms with Gasteiger partial charge in [0.05, 0.1) is 7.11 Å². The molecule has 1 heterocycles. The van der Waals surface area contributed by atoms with Gasteiger partial charge in [0.1, 0.15) is 6.61 Å². The van der Waals surface area contributed by atoms with Crippen LogP contribution in [0.4, 0.5) is 0 Å². The number of aromatic nitrogens is 1. The smallest absolute Gasteiger partial charge is 0.358 e. The van der Waals surface area contributed by atoms with Gasteiger partial charge in [-0.25, -0.2) is 4.79 Å². The third-order valence-electron chi connectivity index (χ3n) is 2.83. The van der Waals surface area contributed by atoms with E-state index >= 15 is 0 Å². The van der Waals surface area contributed by atoms with Crippen LogP contribution in [0.3, 0.4) is 0 Å². The highest BCUT2D eigenvalue weighted by atomic mass is 16.5. The lowest BCUT2D eigenvalue weighted by molar-refractivity contribution is 0.0590. The lowest BCUT2D eigenvalue weighted by Crippen LogP contribution is -2.20. The van der Waals surface area contributed by atoms with E-state index in [1.807, 2.05) is 43.3 Å². The Morgan fingerprint density at radius 1 is 1.32 bits per heavy atom. The molecular weight excluding hydrogens is 244 g/mol. The molecule has 0 aliphatic rings. The average molecular weight is 262 g/mol. The summed E-state index contributed by atoms with van der Waals surface area (Å²) in [6.45, 7) is 1.29. The Morgan fingerprint density at radius 3 is 2.74 bits per heavy atom. The molecule has 5 nitrogen and oxygen atoms in total. The zero-order valence-corrected chi connectivity index (χ0v) is 11.4. The number of carbonyl (C=O) groups is 1. The normalized spacial score (nSPS) is 10.9. The molecule has 2 rings (SSSR count). The molecule has 0 spiro atoms. The molecule has 0 unspecified atom stereocenters. The number of esters is 1. The predicted molar refractivity (Wildman–Crippen MR) is 73.7 cm³/mol. The number of benzene rings is 1. The molecule has 0 saturated carbocycles. The highest BCUT2D eigenvalue weighted by Gasteiger charge is 2.19. The van der Waals surface area contributed by atoms with Crippen molar-refractivity contribution in [2.45, 2.75) is 0 Å². The van der Waals surface area contributed by atoms with Crippen molar-refractivity contribution in [3.8, 4) is 5.75 Å². The van der Waals surface area contributed by atoms with E-state index in [0.717, 1.165) is 17.4 Å². The number of nitrogens with zero attached hydrogens (tertiary/aromatic N) is 1. The van der Waals surface area contributed by atoms with Crippen LogP contribution in [0.15, 0.2) is 24.3 Å². The first kappa shape index (κ1) is 13.4. The van der Waals surface area contributed by atoms with Gasteiger partial charge in [0.2, 0.25) is 0 Å². The van der Waals surface area contributed by atoms with Gasteiger partial charge >= 0.3 is 5.97 Å². The first-order chi connectivity index (χ1) is 9.13. The molecule has 5 heteroatoms. The van der Waals surface area contributed by atoms with Gasteiger partial charge < -0.3 is 19.4 Å². The molecule has 0 radical (unpaired) electrons. The first-order valence-corrected chi connectivity index (χ1v) is 6.10. The molecule has 0 saturated heterocycles. The van der Waals surface area contributed by atoms with Gasteiger partial charge in [0.15, 0.2) is 11.4 Å². The number of hydrogen-bond donors (Lipinski definition) is 1. The maximum absolute atomic E-state index is 11.8. The number of rotatable bonds is 5. The Kier molecular flexibility index (Phi) is 4.06. The van der Waals surface area contributed by atoms with Crippen LogP contribution in [0.25, 0.3) is 10.9 Å². The quantitative estimate of drug-likeness (QED) is 0.836. The summed E-state index contributed by atoms with van der Waals surface area (Å²) in [5, 5.41) is 0.890. The molecule has 0 aliphatic heterocycles. The van der Waals surface area contributed by atoms with Crippen LogP contribution in [0, 0.1) is 0 Å². The number of H-pyrrole nitrogens is 1. The zero-order chi connectivity index (χ0) is 13.8. The minimum atomic E-state index is -0.420. The summed E-state index contributed by atoms with van der Waals surface area (Å²) >= 11 is 0. The maximum Gasteiger partial charge on any atom is 0.358 e. The highest BCUT2D eigenvalue weighted by Crippen LogP contribution is 2.30. The Hall–Kier alpha value is -2.01. The SMILES string of the molecule is COC(=O)c1[nH]c2ccccc2c1OCCN(C)C. The van der Waals surface area contributed by atoms with Crippen molar-refractivity contribution >= 4 is 16.9 Å². The summed E-state index contributed by atoms with van der Waals surface area (Å²) in [7, 11) is 5.30. The van der Waals surface area contributed by atoms with Crippen LogP contribution >= 0.6 is 0 Å². The fourth-order valence-electron chi connectivity index (χ4n) is 1.84.